The molecule has 0 saturated heterocycles. The summed E-state index contributed by atoms with van der Waals surface area (Å²) in [4.78, 5) is 0.220. The molecule has 0 aliphatic heterocycles. The van der Waals surface area contributed by atoms with Crippen molar-refractivity contribution in [2.24, 2.45) is 5.73 Å². The molecule has 0 aromatic heterocycles. The average Bonchev–Trinajstić information content (AvgIpc) is 2.97. The van der Waals surface area contributed by atoms with Crippen LogP contribution in [0.15, 0.2) is 132 Å². The van der Waals surface area contributed by atoms with Crippen LogP contribution in [0.25, 0.3) is 10.8 Å². The quantitative estimate of drug-likeness (QED) is 0.180. The van der Waals surface area contributed by atoms with Crippen LogP contribution in [-0.2, 0) is 29.5 Å². The number of rotatable bonds is 7. The molecule has 0 fully saturated rings. The Labute approximate surface area is 251 Å². The Morgan fingerprint density at radius 3 is 1.73 bits per heavy atom. The summed E-state index contributed by atoms with van der Waals surface area (Å²) in [6.45, 7) is 6.54. The van der Waals surface area contributed by atoms with Crippen LogP contribution >= 0.6 is 0 Å². The van der Waals surface area contributed by atoms with Gasteiger partial charge in [0.1, 0.15) is 0 Å². The first-order valence-corrected chi connectivity index (χ1v) is 14.7. The molecule has 0 heterocycles. The van der Waals surface area contributed by atoms with E-state index in [1.165, 1.54) is 11.1 Å². The summed E-state index contributed by atoms with van der Waals surface area (Å²) in [5.74, 6) is 0.653. The van der Waals surface area contributed by atoms with E-state index in [1.807, 2.05) is 91.0 Å². The molecule has 0 bridgehead atoms. The number of nitrogens with two attached hydrogens (primary N) is 1. The van der Waals surface area contributed by atoms with Gasteiger partial charge in [0.2, 0.25) is 10.0 Å². The van der Waals surface area contributed by atoms with Gasteiger partial charge in [0, 0.05) is 19.5 Å². The van der Waals surface area contributed by atoms with Gasteiger partial charge in [0.05, 0.1) is 17.0 Å². The zero-order valence-corrected chi connectivity index (χ0v) is 25.6. The number of sulfonamides is 1. The maximum atomic E-state index is 13.2. The second kappa shape index (κ2) is 14.5. The summed E-state index contributed by atoms with van der Waals surface area (Å²) in [5, 5.41) is 1.87. The van der Waals surface area contributed by atoms with Crippen molar-refractivity contribution in [3.8, 4) is 0 Å². The third-order valence-corrected chi connectivity index (χ3v) is 8.20. The zero-order chi connectivity index (χ0) is 27.8. The Balaban J connectivity index is 0.000000340. The molecule has 6 heteroatoms. The van der Waals surface area contributed by atoms with Crippen molar-refractivity contribution in [2.45, 2.75) is 43.7 Å². The van der Waals surface area contributed by atoms with Crippen molar-refractivity contribution < 1.29 is 27.9 Å². The fraction of sp³-hybridized carbons (Fsp3) is 0.176. The van der Waals surface area contributed by atoms with Crippen molar-refractivity contribution in [2.75, 3.05) is 0 Å². The molecule has 208 valence electrons. The van der Waals surface area contributed by atoms with E-state index in [0.717, 1.165) is 21.9 Å². The number of hydrogen-bond donors (Lipinski definition) is 2. The minimum atomic E-state index is -3.78. The number of nitrogens with one attached hydrogen (secondary N) is 1. The Morgan fingerprint density at radius 1 is 0.625 bits per heavy atom. The zero-order valence-electron chi connectivity index (χ0n) is 23.0. The first-order valence-electron chi connectivity index (χ1n) is 13.2. The summed E-state index contributed by atoms with van der Waals surface area (Å²) >= 11 is 0. The SMILES string of the molecule is Cc1ccc(C(C)C)cc1.N[C@@H](c1ccccc1)[C@@H](NS(=O)(=O)c1ccc2ccccc2c1)c1ccccc1.[Ru]. The monoisotopic (exact) mass is 638 g/mol. The molecule has 4 nitrogen and oxygen atoms in total. The second-order valence-corrected chi connectivity index (χ2v) is 11.7. The topological polar surface area (TPSA) is 72.2 Å². The first-order chi connectivity index (χ1) is 18.7. The average molecular weight is 638 g/mol. The van der Waals surface area contributed by atoms with E-state index < -0.39 is 22.1 Å². The number of aryl methyl sites for hydroxylation is 1. The molecule has 5 rings (SSSR count). The molecule has 0 aliphatic carbocycles. The van der Waals surface area contributed by atoms with E-state index in [2.05, 4.69) is 49.8 Å². The van der Waals surface area contributed by atoms with Gasteiger partial charge in [-0.25, -0.2) is 13.1 Å². The third kappa shape index (κ3) is 8.19. The normalized spacial score (nSPS) is 12.6. The number of benzene rings is 5. The molecule has 5 aromatic rings. The molecule has 0 spiro atoms. The van der Waals surface area contributed by atoms with E-state index in [-0.39, 0.29) is 24.4 Å². The molecular formula is C34H36N2O2RuS. The minimum Gasteiger partial charge on any atom is -0.322 e. The third-order valence-electron chi connectivity index (χ3n) is 6.76. The van der Waals surface area contributed by atoms with Gasteiger partial charge in [-0.3, -0.25) is 0 Å². The van der Waals surface area contributed by atoms with Gasteiger partial charge in [-0.05, 0) is 52.4 Å². The molecule has 3 N–H and O–H groups in total. The van der Waals surface area contributed by atoms with Crippen LogP contribution in [0, 0.1) is 6.92 Å². The fourth-order valence-electron chi connectivity index (χ4n) is 4.40. The van der Waals surface area contributed by atoms with Crippen molar-refractivity contribution in [3.05, 3.63) is 150 Å². The Kier molecular flexibility index (Phi) is 11.4. The largest absolute Gasteiger partial charge is 0.322 e. The molecular weight excluding hydrogens is 602 g/mol. The molecule has 0 radical (unpaired) electrons. The van der Waals surface area contributed by atoms with Gasteiger partial charge < -0.3 is 5.73 Å². The van der Waals surface area contributed by atoms with Crippen molar-refractivity contribution in [1.29, 1.82) is 0 Å². The predicted molar refractivity (Wildman–Crippen MR) is 162 cm³/mol. The maximum absolute atomic E-state index is 13.2. The summed E-state index contributed by atoms with van der Waals surface area (Å²) in [5.41, 5.74) is 11.0. The molecule has 40 heavy (non-hydrogen) atoms. The van der Waals surface area contributed by atoms with Crippen molar-refractivity contribution >= 4 is 20.8 Å². The Bertz CT molecular complexity index is 1590. The van der Waals surface area contributed by atoms with Crippen LogP contribution in [0.2, 0.25) is 0 Å². The van der Waals surface area contributed by atoms with E-state index in [1.54, 1.807) is 12.1 Å². The maximum Gasteiger partial charge on any atom is 0.241 e. The van der Waals surface area contributed by atoms with Crippen LogP contribution < -0.4 is 10.5 Å². The molecule has 5 aromatic carbocycles. The molecule has 0 saturated carbocycles. The summed E-state index contributed by atoms with van der Waals surface area (Å²) < 4.78 is 29.3. The van der Waals surface area contributed by atoms with Crippen molar-refractivity contribution in [3.63, 3.8) is 0 Å². The van der Waals surface area contributed by atoms with Gasteiger partial charge in [-0.1, -0.05) is 135 Å². The standard InChI is InChI=1S/C24H22N2O2S.C10H14.Ru/c25-23(19-10-3-1-4-11-19)24(20-12-5-2-6-13-20)26-29(27,28)22-16-15-18-9-7-8-14-21(18)17-22;1-8(2)10-6-4-9(3)5-7-10;/h1-17,23-24,26H,25H2;4-8H,1-3H3;/t23-,24-;;/m0../s1. The van der Waals surface area contributed by atoms with Crippen LogP contribution in [0.3, 0.4) is 0 Å². The summed E-state index contributed by atoms with van der Waals surface area (Å²) in [6.07, 6.45) is 0. The molecule has 0 amide bonds. The van der Waals surface area contributed by atoms with Gasteiger partial charge in [0.15, 0.2) is 0 Å². The number of fused-ring (bicyclic) bond motifs is 1. The van der Waals surface area contributed by atoms with E-state index in [4.69, 9.17) is 5.73 Å². The Morgan fingerprint density at radius 2 is 1.15 bits per heavy atom. The molecule has 0 unspecified atom stereocenters. The van der Waals surface area contributed by atoms with Crippen LogP contribution in [0.4, 0.5) is 0 Å². The van der Waals surface area contributed by atoms with E-state index in [9.17, 15) is 8.42 Å². The summed E-state index contributed by atoms with van der Waals surface area (Å²) in [7, 11) is -3.78. The van der Waals surface area contributed by atoms with Gasteiger partial charge >= 0.3 is 0 Å². The Hall–Kier alpha value is -3.15. The number of hydrogen-bond acceptors (Lipinski definition) is 3. The van der Waals surface area contributed by atoms with Crippen LogP contribution in [0.5, 0.6) is 0 Å². The van der Waals surface area contributed by atoms with Crippen molar-refractivity contribution in [1.82, 2.24) is 4.72 Å². The van der Waals surface area contributed by atoms with E-state index >= 15 is 0 Å². The van der Waals surface area contributed by atoms with E-state index in [0.29, 0.717) is 5.92 Å². The van der Waals surface area contributed by atoms with Gasteiger partial charge in [-0.2, -0.15) is 0 Å². The fourth-order valence-corrected chi connectivity index (χ4v) is 5.68. The summed E-state index contributed by atoms with van der Waals surface area (Å²) in [6, 6.07) is 39.3. The predicted octanol–water partition coefficient (Wildman–Crippen LogP) is 7.68. The van der Waals surface area contributed by atoms with Crippen LogP contribution in [-0.4, -0.2) is 8.42 Å². The molecule has 2 atom stereocenters. The molecule has 0 aliphatic rings. The smallest absolute Gasteiger partial charge is 0.241 e. The minimum absolute atomic E-state index is 0. The second-order valence-electron chi connectivity index (χ2n) is 10.0. The van der Waals surface area contributed by atoms with Crippen LogP contribution in [0.1, 0.15) is 54.1 Å². The van der Waals surface area contributed by atoms with Gasteiger partial charge in [0.25, 0.3) is 0 Å². The van der Waals surface area contributed by atoms with Gasteiger partial charge in [-0.15, -0.1) is 0 Å². The first kappa shape index (κ1) is 31.4.